The molecule has 2 aromatic rings. The van der Waals surface area contributed by atoms with Gasteiger partial charge < -0.3 is 10.6 Å². The van der Waals surface area contributed by atoms with Crippen molar-refractivity contribution in [2.24, 2.45) is 0 Å². The van der Waals surface area contributed by atoms with Crippen LogP contribution in [0, 0.1) is 0 Å². The first-order valence-electron chi connectivity index (χ1n) is 5.66. The summed E-state index contributed by atoms with van der Waals surface area (Å²) < 4.78 is 0.946. The fourth-order valence-electron chi connectivity index (χ4n) is 2.05. The number of hydrogen-bond donors (Lipinski definition) is 2. The van der Waals surface area contributed by atoms with Crippen LogP contribution in [0.25, 0.3) is 0 Å². The van der Waals surface area contributed by atoms with Gasteiger partial charge in [0.05, 0.1) is 11.4 Å². The van der Waals surface area contributed by atoms with Gasteiger partial charge in [0.15, 0.2) is 0 Å². The van der Waals surface area contributed by atoms with E-state index in [9.17, 15) is 4.79 Å². The number of nitrogens with one attached hydrogen (secondary N) is 2. The highest BCUT2D eigenvalue weighted by Gasteiger charge is 2.26. The Morgan fingerprint density at radius 3 is 2.56 bits per heavy atom. The van der Waals surface area contributed by atoms with Crippen molar-refractivity contribution in [1.29, 1.82) is 0 Å². The number of anilines is 2. The molecule has 18 heavy (non-hydrogen) atoms. The molecule has 1 heterocycles. The Morgan fingerprint density at radius 2 is 1.78 bits per heavy atom. The summed E-state index contributed by atoms with van der Waals surface area (Å²) in [6, 6.07) is 15.2. The third kappa shape index (κ3) is 1.99. The van der Waals surface area contributed by atoms with E-state index in [-0.39, 0.29) is 11.9 Å². The van der Waals surface area contributed by atoms with Crippen molar-refractivity contribution in [1.82, 2.24) is 0 Å². The van der Waals surface area contributed by atoms with Crippen molar-refractivity contribution in [3.8, 4) is 0 Å². The topological polar surface area (TPSA) is 41.1 Å². The van der Waals surface area contributed by atoms with E-state index in [0.29, 0.717) is 0 Å². The van der Waals surface area contributed by atoms with Crippen LogP contribution in [0.4, 0.5) is 11.4 Å². The number of rotatable bonds is 1. The molecule has 3 nitrogen and oxygen atoms in total. The fourth-order valence-corrected chi connectivity index (χ4v) is 2.41. The SMILES string of the molecule is O=C1Nc2cc(Br)ccc2NC1c1ccccc1. The minimum Gasteiger partial charge on any atom is -0.368 e. The normalized spacial score (nSPS) is 17.6. The van der Waals surface area contributed by atoms with Crippen LogP contribution < -0.4 is 10.6 Å². The lowest BCUT2D eigenvalue weighted by atomic mass is 10.0. The van der Waals surface area contributed by atoms with Gasteiger partial charge in [-0.25, -0.2) is 0 Å². The van der Waals surface area contributed by atoms with E-state index in [1.54, 1.807) is 0 Å². The van der Waals surface area contributed by atoms with Crippen molar-refractivity contribution >= 4 is 33.2 Å². The van der Waals surface area contributed by atoms with Gasteiger partial charge in [0.2, 0.25) is 0 Å². The molecule has 1 unspecified atom stereocenters. The van der Waals surface area contributed by atoms with Crippen LogP contribution in [0.2, 0.25) is 0 Å². The van der Waals surface area contributed by atoms with Gasteiger partial charge in [0.1, 0.15) is 6.04 Å². The first kappa shape index (κ1) is 11.3. The molecule has 1 amide bonds. The van der Waals surface area contributed by atoms with Crippen molar-refractivity contribution in [3.05, 3.63) is 58.6 Å². The Hall–Kier alpha value is -1.81. The second-order valence-corrected chi connectivity index (χ2v) is 5.08. The largest absolute Gasteiger partial charge is 0.368 e. The number of fused-ring (bicyclic) bond motifs is 1. The number of carbonyl (C=O) groups is 1. The van der Waals surface area contributed by atoms with E-state index in [1.807, 2.05) is 48.5 Å². The Morgan fingerprint density at radius 1 is 1.00 bits per heavy atom. The van der Waals surface area contributed by atoms with E-state index < -0.39 is 0 Å². The van der Waals surface area contributed by atoms with Gasteiger partial charge in [-0.2, -0.15) is 0 Å². The summed E-state index contributed by atoms with van der Waals surface area (Å²) in [5.41, 5.74) is 2.71. The smallest absolute Gasteiger partial charge is 0.251 e. The van der Waals surface area contributed by atoms with Crippen molar-refractivity contribution < 1.29 is 4.79 Å². The number of carbonyl (C=O) groups excluding carboxylic acids is 1. The van der Waals surface area contributed by atoms with Crippen LogP contribution in [0.5, 0.6) is 0 Å². The van der Waals surface area contributed by atoms with Crippen LogP contribution in [-0.2, 0) is 4.79 Å². The zero-order valence-electron chi connectivity index (χ0n) is 9.48. The summed E-state index contributed by atoms with van der Waals surface area (Å²) in [6.45, 7) is 0. The van der Waals surface area contributed by atoms with Crippen LogP contribution in [0.15, 0.2) is 53.0 Å². The zero-order chi connectivity index (χ0) is 12.5. The lowest BCUT2D eigenvalue weighted by molar-refractivity contribution is -0.117. The van der Waals surface area contributed by atoms with Gasteiger partial charge in [0.25, 0.3) is 5.91 Å². The van der Waals surface area contributed by atoms with Gasteiger partial charge in [-0.1, -0.05) is 46.3 Å². The molecule has 0 bridgehead atoms. The highest BCUT2D eigenvalue weighted by Crippen LogP contribution is 2.34. The molecule has 0 aromatic heterocycles. The molecular formula is C14H11BrN2O. The van der Waals surface area contributed by atoms with E-state index in [4.69, 9.17) is 0 Å². The maximum Gasteiger partial charge on any atom is 0.251 e. The van der Waals surface area contributed by atoms with Crippen LogP contribution >= 0.6 is 15.9 Å². The highest BCUT2D eigenvalue weighted by atomic mass is 79.9. The third-order valence-electron chi connectivity index (χ3n) is 2.93. The summed E-state index contributed by atoms with van der Waals surface area (Å²) in [4.78, 5) is 12.1. The van der Waals surface area contributed by atoms with Crippen molar-refractivity contribution in [2.45, 2.75) is 6.04 Å². The molecule has 0 saturated heterocycles. The molecule has 0 saturated carbocycles. The molecule has 0 radical (unpaired) electrons. The molecule has 1 atom stereocenters. The molecule has 1 aliphatic heterocycles. The molecule has 1 aliphatic rings. The average Bonchev–Trinajstić information content (AvgIpc) is 2.39. The average molecular weight is 303 g/mol. The number of benzene rings is 2. The van der Waals surface area contributed by atoms with Gasteiger partial charge in [-0.3, -0.25) is 4.79 Å². The van der Waals surface area contributed by atoms with Gasteiger partial charge in [-0.15, -0.1) is 0 Å². The third-order valence-corrected chi connectivity index (χ3v) is 3.43. The second-order valence-electron chi connectivity index (χ2n) is 4.17. The number of halogens is 1. The fraction of sp³-hybridized carbons (Fsp3) is 0.0714. The standard InChI is InChI=1S/C14H11BrN2O/c15-10-6-7-11-12(8-10)17-14(18)13(16-11)9-4-2-1-3-5-9/h1-8,13,16H,(H,17,18). The minimum atomic E-state index is -0.333. The lowest BCUT2D eigenvalue weighted by Crippen LogP contribution is -2.31. The van der Waals surface area contributed by atoms with Crippen LogP contribution in [0.1, 0.15) is 11.6 Å². The Balaban J connectivity index is 1.97. The van der Waals surface area contributed by atoms with E-state index in [2.05, 4.69) is 26.6 Å². The Labute approximate surface area is 113 Å². The lowest BCUT2D eigenvalue weighted by Gasteiger charge is -2.27. The monoisotopic (exact) mass is 302 g/mol. The summed E-state index contributed by atoms with van der Waals surface area (Å²) in [5.74, 6) is -0.0354. The molecular weight excluding hydrogens is 292 g/mol. The van der Waals surface area contributed by atoms with Crippen LogP contribution in [-0.4, -0.2) is 5.91 Å². The number of amides is 1. The first-order valence-corrected chi connectivity index (χ1v) is 6.45. The molecule has 2 N–H and O–H groups in total. The highest BCUT2D eigenvalue weighted by molar-refractivity contribution is 9.10. The molecule has 0 spiro atoms. The quantitative estimate of drug-likeness (QED) is 0.846. The first-order chi connectivity index (χ1) is 8.74. The van der Waals surface area contributed by atoms with Crippen molar-refractivity contribution in [2.75, 3.05) is 10.6 Å². The van der Waals surface area contributed by atoms with Gasteiger partial charge >= 0.3 is 0 Å². The van der Waals surface area contributed by atoms with E-state index in [1.165, 1.54) is 0 Å². The summed E-state index contributed by atoms with van der Waals surface area (Å²) >= 11 is 3.39. The van der Waals surface area contributed by atoms with E-state index >= 15 is 0 Å². The maximum absolute atomic E-state index is 12.1. The predicted molar refractivity (Wildman–Crippen MR) is 75.6 cm³/mol. The summed E-state index contributed by atoms with van der Waals surface area (Å²) in [7, 11) is 0. The molecule has 0 fully saturated rings. The zero-order valence-corrected chi connectivity index (χ0v) is 11.1. The minimum absolute atomic E-state index is 0.0354. The molecule has 2 aromatic carbocycles. The van der Waals surface area contributed by atoms with E-state index in [0.717, 1.165) is 21.4 Å². The molecule has 3 rings (SSSR count). The number of hydrogen-bond acceptors (Lipinski definition) is 2. The van der Waals surface area contributed by atoms with Crippen molar-refractivity contribution in [3.63, 3.8) is 0 Å². The molecule has 0 aliphatic carbocycles. The summed E-state index contributed by atoms with van der Waals surface area (Å²) in [5, 5.41) is 6.18. The summed E-state index contributed by atoms with van der Waals surface area (Å²) in [6.07, 6.45) is 0. The molecule has 90 valence electrons. The Kier molecular flexibility index (Phi) is 2.80. The maximum atomic E-state index is 12.1. The molecule has 4 heteroatoms. The van der Waals surface area contributed by atoms with Crippen LogP contribution in [0.3, 0.4) is 0 Å². The van der Waals surface area contributed by atoms with Gasteiger partial charge in [0, 0.05) is 4.47 Å². The second kappa shape index (κ2) is 4.46. The predicted octanol–water partition coefficient (Wildman–Crippen LogP) is 3.55. The Bertz CT molecular complexity index is 598. The van der Waals surface area contributed by atoms with Gasteiger partial charge in [-0.05, 0) is 23.8 Å².